The summed E-state index contributed by atoms with van der Waals surface area (Å²) in [7, 11) is 0. The number of benzene rings is 1. The average molecular weight is 449 g/mol. The number of hydrogen-bond acceptors (Lipinski definition) is 5. The molecule has 6 nitrogen and oxygen atoms in total. The van der Waals surface area contributed by atoms with Gasteiger partial charge in [0.2, 0.25) is 11.4 Å². The van der Waals surface area contributed by atoms with Crippen molar-refractivity contribution in [2.75, 3.05) is 0 Å². The van der Waals surface area contributed by atoms with Crippen LogP contribution in [-0.2, 0) is 0 Å². The molecular formula is C20H16Cl3N5O. The summed E-state index contributed by atoms with van der Waals surface area (Å²) < 4.78 is 7.59. The van der Waals surface area contributed by atoms with Gasteiger partial charge in [-0.25, -0.2) is 19.6 Å². The predicted octanol–water partition coefficient (Wildman–Crippen LogP) is 5.65. The minimum absolute atomic E-state index is 0.00946. The quantitative estimate of drug-likeness (QED) is 0.406. The van der Waals surface area contributed by atoms with Crippen LogP contribution in [0.25, 0.3) is 28.3 Å². The minimum Gasteiger partial charge on any atom is -0.418 e. The zero-order chi connectivity index (χ0) is 20.7. The summed E-state index contributed by atoms with van der Waals surface area (Å²) in [4.78, 5) is 13.6. The molecule has 148 valence electrons. The molecule has 0 bridgehead atoms. The largest absolute Gasteiger partial charge is 0.418 e. The normalized spacial score (nSPS) is 12.3. The Morgan fingerprint density at radius 2 is 1.93 bits per heavy atom. The van der Waals surface area contributed by atoms with E-state index in [-0.39, 0.29) is 11.2 Å². The van der Waals surface area contributed by atoms with Crippen molar-refractivity contribution in [2.45, 2.75) is 26.8 Å². The Kier molecular flexibility index (Phi) is 5.34. The van der Waals surface area contributed by atoms with E-state index in [2.05, 4.69) is 15.1 Å². The van der Waals surface area contributed by atoms with E-state index < -0.39 is 0 Å². The smallest absolute Gasteiger partial charge is 0.248 e. The third-order valence-corrected chi connectivity index (χ3v) is 4.81. The van der Waals surface area contributed by atoms with Gasteiger partial charge in [0, 0.05) is 23.3 Å². The lowest BCUT2D eigenvalue weighted by atomic mass is 10.1. The average Bonchev–Trinajstić information content (AvgIpc) is 3.03. The van der Waals surface area contributed by atoms with E-state index in [0.29, 0.717) is 33.0 Å². The lowest BCUT2D eigenvalue weighted by Gasteiger charge is -2.09. The van der Waals surface area contributed by atoms with Gasteiger partial charge in [0.05, 0.1) is 15.9 Å². The van der Waals surface area contributed by atoms with Gasteiger partial charge < -0.3 is 4.42 Å². The minimum atomic E-state index is 0.00946. The van der Waals surface area contributed by atoms with Gasteiger partial charge in [-0.2, -0.15) is 5.10 Å². The van der Waals surface area contributed by atoms with Crippen molar-refractivity contribution in [1.29, 1.82) is 0 Å². The van der Waals surface area contributed by atoms with E-state index in [1.807, 2.05) is 26.8 Å². The molecule has 0 saturated carbocycles. The second kappa shape index (κ2) is 7.78. The molecule has 0 unspecified atom stereocenters. The Balaban J connectivity index is 2.05. The first-order chi connectivity index (χ1) is 13.8. The molecule has 0 fully saturated rings. The van der Waals surface area contributed by atoms with E-state index in [1.54, 1.807) is 30.5 Å². The highest BCUT2D eigenvalue weighted by Gasteiger charge is 2.19. The van der Waals surface area contributed by atoms with Crippen LogP contribution >= 0.6 is 34.8 Å². The second-order valence-corrected chi connectivity index (χ2v) is 7.97. The lowest BCUT2D eigenvalue weighted by Crippen LogP contribution is -2.11. The van der Waals surface area contributed by atoms with Crippen LogP contribution in [0.5, 0.6) is 0 Å². The monoisotopic (exact) mass is 447 g/mol. The van der Waals surface area contributed by atoms with Crippen LogP contribution in [0.3, 0.4) is 0 Å². The van der Waals surface area contributed by atoms with E-state index >= 15 is 0 Å². The van der Waals surface area contributed by atoms with Crippen molar-refractivity contribution in [1.82, 2.24) is 19.7 Å². The van der Waals surface area contributed by atoms with Crippen molar-refractivity contribution in [2.24, 2.45) is 4.99 Å². The number of rotatable bonds is 3. The molecule has 0 aliphatic carbocycles. The molecule has 0 saturated heterocycles. The first kappa shape index (κ1) is 19.9. The molecular weight excluding hydrogens is 433 g/mol. The summed E-state index contributed by atoms with van der Waals surface area (Å²) in [5.41, 5.74) is 2.57. The van der Waals surface area contributed by atoms with E-state index in [9.17, 15) is 0 Å². The molecule has 0 atom stereocenters. The Bertz CT molecular complexity index is 1290. The van der Waals surface area contributed by atoms with Crippen molar-refractivity contribution in [3.05, 3.63) is 62.8 Å². The molecule has 0 spiro atoms. The van der Waals surface area contributed by atoms with Crippen LogP contribution in [0.15, 0.2) is 45.9 Å². The van der Waals surface area contributed by atoms with Crippen molar-refractivity contribution in [3.63, 3.8) is 0 Å². The molecule has 3 aromatic heterocycles. The van der Waals surface area contributed by atoms with Crippen LogP contribution in [0.4, 0.5) is 0 Å². The summed E-state index contributed by atoms with van der Waals surface area (Å²) in [6.07, 6.45) is 1.62. The number of aromatic nitrogens is 4. The first-order valence-corrected chi connectivity index (χ1v) is 9.98. The Labute approximate surface area is 181 Å². The summed E-state index contributed by atoms with van der Waals surface area (Å²) in [6.45, 7) is 5.87. The van der Waals surface area contributed by atoms with Crippen LogP contribution in [-0.4, -0.2) is 25.8 Å². The summed E-state index contributed by atoms with van der Waals surface area (Å²) in [5, 5.41) is 6.32. The van der Waals surface area contributed by atoms with Gasteiger partial charge in [0.15, 0.2) is 11.0 Å². The third kappa shape index (κ3) is 3.88. The Morgan fingerprint density at radius 3 is 2.66 bits per heavy atom. The van der Waals surface area contributed by atoms with E-state index in [4.69, 9.17) is 44.2 Å². The van der Waals surface area contributed by atoms with Gasteiger partial charge in [-0.3, -0.25) is 0 Å². The Morgan fingerprint density at radius 1 is 1.14 bits per heavy atom. The van der Waals surface area contributed by atoms with Gasteiger partial charge in [0.25, 0.3) is 0 Å². The zero-order valence-corrected chi connectivity index (χ0v) is 18.1. The standard InChI is InChI=1S/C20H16Cl3N5O/c1-10(2)25-19-13-8-12(21)7-11(3)17(13)26-20(29-19)15-9-16(23)27-28(15)18-14(22)5-4-6-24-18/h4-10H,1-3H3/b25-19-. The van der Waals surface area contributed by atoms with E-state index in [0.717, 1.165) is 16.5 Å². The molecule has 1 aromatic carbocycles. The van der Waals surface area contributed by atoms with Gasteiger partial charge in [-0.1, -0.05) is 34.8 Å². The number of nitrogens with zero attached hydrogens (tertiary/aromatic N) is 5. The molecule has 4 aromatic rings. The molecule has 29 heavy (non-hydrogen) atoms. The molecule has 0 amide bonds. The second-order valence-electron chi connectivity index (χ2n) is 6.74. The fourth-order valence-corrected chi connectivity index (χ4v) is 3.61. The van der Waals surface area contributed by atoms with Crippen LogP contribution in [0.2, 0.25) is 15.2 Å². The first-order valence-electron chi connectivity index (χ1n) is 8.85. The number of aryl methyl sites for hydroxylation is 1. The van der Waals surface area contributed by atoms with Gasteiger partial charge in [-0.15, -0.1) is 0 Å². The van der Waals surface area contributed by atoms with Gasteiger partial charge in [-0.05, 0) is 50.6 Å². The van der Waals surface area contributed by atoms with Gasteiger partial charge >= 0.3 is 0 Å². The predicted molar refractivity (Wildman–Crippen MR) is 115 cm³/mol. The van der Waals surface area contributed by atoms with Crippen molar-refractivity contribution in [3.8, 4) is 17.4 Å². The molecule has 0 aliphatic rings. The number of pyridine rings is 1. The number of halogens is 3. The maximum Gasteiger partial charge on any atom is 0.248 e. The fraction of sp³-hybridized carbons (Fsp3) is 0.200. The fourth-order valence-electron chi connectivity index (χ4n) is 2.96. The third-order valence-electron chi connectivity index (χ3n) is 4.12. The summed E-state index contributed by atoms with van der Waals surface area (Å²) in [5.74, 6) is 0.715. The van der Waals surface area contributed by atoms with Gasteiger partial charge in [0.1, 0.15) is 5.69 Å². The number of fused-ring (bicyclic) bond motifs is 1. The zero-order valence-electron chi connectivity index (χ0n) is 15.8. The van der Waals surface area contributed by atoms with E-state index in [1.165, 1.54) is 4.68 Å². The highest BCUT2D eigenvalue weighted by Crippen LogP contribution is 2.28. The maximum absolute atomic E-state index is 6.31. The summed E-state index contributed by atoms with van der Waals surface area (Å²) in [6, 6.07) is 8.76. The number of hydrogen-bond donors (Lipinski definition) is 0. The van der Waals surface area contributed by atoms with Crippen LogP contribution in [0.1, 0.15) is 19.4 Å². The van der Waals surface area contributed by atoms with Crippen LogP contribution < -0.4 is 5.55 Å². The molecule has 3 heterocycles. The SMILES string of the molecule is Cc1cc(Cl)cc2/c(=N/C(C)C)oc(-c3cc(Cl)nn3-c3ncccc3Cl)nc12. The maximum atomic E-state index is 6.31. The van der Waals surface area contributed by atoms with Crippen LogP contribution in [0, 0.1) is 6.92 Å². The highest BCUT2D eigenvalue weighted by molar-refractivity contribution is 6.32. The highest BCUT2D eigenvalue weighted by atomic mass is 35.5. The summed E-state index contributed by atoms with van der Waals surface area (Å²) >= 11 is 18.8. The lowest BCUT2D eigenvalue weighted by molar-refractivity contribution is 0.486. The molecule has 0 N–H and O–H groups in total. The van der Waals surface area contributed by atoms with Crippen molar-refractivity contribution < 1.29 is 4.42 Å². The molecule has 4 rings (SSSR count). The Hall–Kier alpha value is -2.41. The molecule has 9 heteroatoms. The molecule has 0 aliphatic heterocycles. The molecule has 0 radical (unpaired) electrons. The topological polar surface area (TPSA) is 69.1 Å². The van der Waals surface area contributed by atoms with Crippen molar-refractivity contribution >= 4 is 45.7 Å².